The topological polar surface area (TPSA) is 52.4 Å². The first kappa shape index (κ1) is 13.2. The van der Waals surface area contributed by atoms with Crippen LogP contribution in [-0.2, 0) is 9.53 Å². The Morgan fingerprint density at radius 2 is 2.00 bits per heavy atom. The summed E-state index contributed by atoms with van der Waals surface area (Å²) >= 11 is 0. The van der Waals surface area contributed by atoms with Crippen molar-refractivity contribution in [2.24, 2.45) is 0 Å². The third-order valence-electron chi connectivity index (χ3n) is 2.39. The summed E-state index contributed by atoms with van der Waals surface area (Å²) in [7, 11) is 0. The molecule has 4 heteroatoms. The summed E-state index contributed by atoms with van der Waals surface area (Å²) in [5.74, 6) is -0.526. The molecular formula is C13H17NO3. The molecule has 0 radical (unpaired) electrons. The number of hydrogen-bond donors (Lipinski definition) is 0. The lowest BCUT2D eigenvalue weighted by Crippen LogP contribution is -2.43. The maximum absolute atomic E-state index is 11.9. The van der Waals surface area contributed by atoms with E-state index in [-0.39, 0.29) is 6.61 Å². The summed E-state index contributed by atoms with van der Waals surface area (Å²) < 4.78 is 5.49. The fourth-order valence-corrected chi connectivity index (χ4v) is 1.23. The number of carbonyl (C=O) groups is 1. The van der Waals surface area contributed by atoms with Gasteiger partial charge in [-0.15, -0.1) is 0 Å². The predicted octanol–water partition coefficient (Wildman–Crippen LogP) is 1.96. The molecule has 0 fully saturated rings. The van der Waals surface area contributed by atoms with E-state index in [1.807, 2.05) is 18.2 Å². The molecule has 17 heavy (non-hydrogen) atoms. The Hall–Kier alpha value is -1.84. The van der Waals surface area contributed by atoms with Crippen molar-refractivity contribution in [1.82, 2.24) is 0 Å². The van der Waals surface area contributed by atoms with Gasteiger partial charge in [0.05, 0.1) is 6.61 Å². The molecule has 0 spiro atoms. The number of esters is 1. The molecule has 0 aliphatic heterocycles. The van der Waals surface area contributed by atoms with E-state index in [1.165, 1.54) is 20.1 Å². The maximum Gasteiger partial charge on any atom is 0.379 e. The Labute approximate surface area is 101 Å². The van der Waals surface area contributed by atoms with E-state index >= 15 is 0 Å². The average Bonchev–Trinajstić information content (AvgIpc) is 2.30. The van der Waals surface area contributed by atoms with Gasteiger partial charge >= 0.3 is 5.97 Å². The highest BCUT2D eigenvalue weighted by Crippen LogP contribution is 2.11. The molecule has 0 saturated heterocycles. The minimum atomic E-state index is -1.22. The highest BCUT2D eigenvalue weighted by Gasteiger charge is 2.37. The van der Waals surface area contributed by atoms with Gasteiger partial charge in [-0.05, 0) is 19.1 Å². The Kier molecular flexibility index (Phi) is 4.26. The predicted molar refractivity (Wildman–Crippen MR) is 65.9 cm³/mol. The molecule has 1 aromatic rings. The van der Waals surface area contributed by atoms with Gasteiger partial charge in [-0.2, -0.15) is 4.74 Å². The van der Waals surface area contributed by atoms with Crippen molar-refractivity contribution in [2.75, 3.05) is 6.61 Å². The van der Waals surface area contributed by atoms with Crippen LogP contribution in [-0.4, -0.2) is 29.1 Å². The molecule has 1 rings (SSSR count). The van der Waals surface area contributed by atoms with Gasteiger partial charge in [0.2, 0.25) is 0 Å². The smallest absolute Gasteiger partial charge is 0.379 e. The van der Waals surface area contributed by atoms with Crippen LogP contribution in [0.5, 0.6) is 0 Å². The second-order valence-corrected chi connectivity index (χ2v) is 4.15. The maximum atomic E-state index is 11.9. The molecule has 0 bridgehead atoms. The largest absolute Gasteiger partial charge is 0.623 e. The van der Waals surface area contributed by atoms with Crippen LogP contribution in [0.3, 0.4) is 0 Å². The number of benzene rings is 1. The Morgan fingerprint density at radius 1 is 1.41 bits per heavy atom. The molecule has 0 saturated carbocycles. The van der Waals surface area contributed by atoms with Gasteiger partial charge < -0.3 is 9.94 Å². The highest BCUT2D eigenvalue weighted by atomic mass is 16.5. The fraction of sp³-hybridized carbons (Fsp3) is 0.385. The van der Waals surface area contributed by atoms with Crippen LogP contribution in [0.25, 0.3) is 0 Å². The second kappa shape index (κ2) is 5.48. The fourth-order valence-electron chi connectivity index (χ4n) is 1.23. The first-order valence-electron chi connectivity index (χ1n) is 5.52. The molecule has 0 heterocycles. The minimum absolute atomic E-state index is 0.265. The molecule has 0 amide bonds. The summed E-state index contributed by atoms with van der Waals surface area (Å²) in [4.78, 5) is 11.6. The second-order valence-electron chi connectivity index (χ2n) is 4.15. The standard InChI is InChI=1S/C13H17NO3/c1-4-17-12(15)13(2,3)14(16)10-11-8-6-5-7-9-11/h5-10H,4H2,1-3H3/b14-10-. The van der Waals surface area contributed by atoms with Crippen LogP contribution in [0.15, 0.2) is 30.3 Å². The average molecular weight is 235 g/mol. The number of ether oxygens (including phenoxy) is 1. The van der Waals surface area contributed by atoms with Crippen LogP contribution in [0.4, 0.5) is 0 Å². The highest BCUT2D eigenvalue weighted by molar-refractivity contribution is 5.81. The molecule has 0 aliphatic rings. The summed E-state index contributed by atoms with van der Waals surface area (Å²) in [5, 5.41) is 11.9. The molecule has 1 aromatic carbocycles. The van der Waals surface area contributed by atoms with Crippen LogP contribution in [0.2, 0.25) is 0 Å². The summed E-state index contributed by atoms with van der Waals surface area (Å²) in [6.45, 7) is 5.06. The van der Waals surface area contributed by atoms with Crippen molar-refractivity contribution in [3.05, 3.63) is 41.1 Å². The molecule has 0 aliphatic carbocycles. The minimum Gasteiger partial charge on any atom is -0.623 e. The van der Waals surface area contributed by atoms with Crippen LogP contribution >= 0.6 is 0 Å². The van der Waals surface area contributed by atoms with E-state index in [0.717, 1.165) is 5.56 Å². The van der Waals surface area contributed by atoms with Crippen LogP contribution < -0.4 is 0 Å². The molecule has 0 atom stereocenters. The lowest BCUT2D eigenvalue weighted by atomic mass is 10.1. The van der Waals surface area contributed by atoms with Crippen molar-refractivity contribution in [1.29, 1.82) is 0 Å². The monoisotopic (exact) mass is 235 g/mol. The third-order valence-corrected chi connectivity index (χ3v) is 2.39. The normalized spacial score (nSPS) is 12.3. The Morgan fingerprint density at radius 3 is 2.53 bits per heavy atom. The summed E-state index contributed by atoms with van der Waals surface area (Å²) in [6.07, 6.45) is 1.39. The van der Waals surface area contributed by atoms with Gasteiger partial charge in [-0.3, -0.25) is 0 Å². The van der Waals surface area contributed by atoms with Crippen molar-refractivity contribution in [2.45, 2.75) is 26.3 Å². The van der Waals surface area contributed by atoms with Crippen molar-refractivity contribution in [3.8, 4) is 0 Å². The van der Waals surface area contributed by atoms with E-state index in [9.17, 15) is 10.0 Å². The number of hydroxylamine groups is 1. The molecular weight excluding hydrogens is 218 g/mol. The van der Waals surface area contributed by atoms with Crippen molar-refractivity contribution < 1.29 is 14.3 Å². The Bertz CT molecular complexity index is 410. The molecule has 0 unspecified atom stereocenters. The molecule has 4 nitrogen and oxygen atoms in total. The first-order chi connectivity index (χ1) is 7.98. The Balaban J connectivity index is 2.92. The van der Waals surface area contributed by atoms with Gasteiger partial charge in [0.15, 0.2) is 6.21 Å². The lowest BCUT2D eigenvalue weighted by molar-refractivity contribution is -0.521. The van der Waals surface area contributed by atoms with E-state index in [4.69, 9.17) is 4.74 Å². The number of rotatable bonds is 4. The van der Waals surface area contributed by atoms with E-state index in [1.54, 1.807) is 19.1 Å². The lowest BCUT2D eigenvalue weighted by Gasteiger charge is -2.21. The molecule has 0 aromatic heterocycles. The van der Waals surface area contributed by atoms with Crippen LogP contribution in [0, 0.1) is 5.21 Å². The zero-order chi connectivity index (χ0) is 12.9. The van der Waals surface area contributed by atoms with Gasteiger partial charge in [-0.25, -0.2) is 4.79 Å². The third kappa shape index (κ3) is 3.31. The number of nitrogens with zero attached hydrogens (tertiary/aromatic N) is 1. The van der Waals surface area contributed by atoms with Gasteiger partial charge in [0, 0.05) is 19.4 Å². The number of carbonyl (C=O) groups excluding carboxylic acids is 1. The van der Waals surface area contributed by atoms with Crippen molar-refractivity contribution >= 4 is 12.2 Å². The van der Waals surface area contributed by atoms with E-state index in [0.29, 0.717) is 4.74 Å². The molecule has 0 N–H and O–H groups in total. The van der Waals surface area contributed by atoms with Crippen LogP contribution in [0.1, 0.15) is 26.3 Å². The summed E-state index contributed by atoms with van der Waals surface area (Å²) in [6, 6.07) is 9.12. The SMILES string of the molecule is CCOC(=O)C(C)(C)/[N+]([O-])=C/c1ccccc1. The van der Waals surface area contributed by atoms with Crippen molar-refractivity contribution in [3.63, 3.8) is 0 Å². The first-order valence-corrected chi connectivity index (χ1v) is 5.52. The zero-order valence-corrected chi connectivity index (χ0v) is 10.3. The van der Waals surface area contributed by atoms with E-state index in [2.05, 4.69) is 0 Å². The summed E-state index contributed by atoms with van der Waals surface area (Å²) in [5.41, 5.74) is -0.467. The zero-order valence-electron chi connectivity index (χ0n) is 10.3. The quantitative estimate of drug-likeness (QED) is 0.263. The van der Waals surface area contributed by atoms with Gasteiger partial charge in [0.1, 0.15) is 0 Å². The van der Waals surface area contributed by atoms with Gasteiger partial charge in [-0.1, -0.05) is 18.2 Å². The van der Waals surface area contributed by atoms with Gasteiger partial charge in [0.25, 0.3) is 5.54 Å². The van der Waals surface area contributed by atoms with E-state index < -0.39 is 11.5 Å². The molecule has 92 valence electrons. The number of hydrogen-bond acceptors (Lipinski definition) is 3.